The van der Waals surface area contributed by atoms with Gasteiger partial charge in [-0.1, -0.05) is 22.6 Å². The van der Waals surface area contributed by atoms with Gasteiger partial charge in [0, 0.05) is 40.8 Å². The Morgan fingerprint density at radius 1 is 1.25 bits per heavy atom. The fourth-order valence-electron chi connectivity index (χ4n) is 3.40. The van der Waals surface area contributed by atoms with E-state index in [1.807, 2.05) is 12.1 Å². The van der Waals surface area contributed by atoms with Gasteiger partial charge in [0.25, 0.3) is 0 Å². The van der Waals surface area contributed by atoms with Crippen LogP contribution in [0.5, 0.6) is 5.75 Å². The Morgan fingerprint density at radius 2 is 2.03 bits per heavy atom. The van der Waals surface area contributed by atoms with Crippen LogP contribution < -0.4 is 15.8 Å². The van der Waals surface area contributed by atoms with Gasteiger partial charge in [-0.2, -0.15) is 0 Å². The van der Waals surface area contributed by atoms with Crippen LogP contribution in [0.25, 0.3) is 10.9 Å². The topological polar surface area (TPSA) is 103 Å². The highest BCUT2D eigenvalue weighted by atomic mass is 127. The van der Waals surface area contributed by atoms with Gasteiger partial charge in [-0.05, 0) is 36.9 Å². The summed E-state index contributed by atoms with van der Waals surface area (Å²) in [4.78, 5) is 22.4. The van der Waals surface area contributed by atoms with Crippen molar-refractivity contribution in [2.45, 2.75) is 17.0 Å². The molecule has 10 heteroatoms. The summed E-state index contributed by atoms with van der Waals surface area (Å²) in [6, 6.07) is 8.01. The summed E-state index contributed by atoms with van der Waals surface area (Å²) in [7, 11) is 4.90. The smallest absolute Gasteiger partial charge is 0.237 e. The van der Waals surface area contributed by atoms with Crippen molar-refractivity contribution in [3.8, 4) is 5.75 Å². The number of hydrogen-bond donors (Lipinski definition) is 2. The molecule has 1 aromatic heterocycles. The molecule has 3 rings (SSSR count). The Labute approximate surface area is 199 Å². The van der Waals surface area contributed by atoms with E-state index in [2.05, 4.69) is 37.9 Å². The third-order valence-electron chi connectivity index (χ3n) is 5.09. The van der Waals surface area contributed by atoms with Crippen LogP contribution in [0.15, 0.2) is 36.7 Å². The number of benzene rings is 2. The van der Waals surface area contributed by atoms with Crippen LogP contribution >= 0.6 is 22.6 Å². The van der Waals surface area contributed by atoms with Crippen molar-refractivity contribution in [2.24, 2.45) is 5.73 Å². The first-order chi connectivity index (χ1) is 15.4. The SMILES string of the molecule is COC[C@@H](C(N)=O)N(C)Cc1cc2c(Nc3ccc(F)c(CI)c3)ncnc2cc1OC. The number of alkyl halides is 1. The molecule has 3 aromatic rings. The monoisotopic (exact) mass is 553 g/mol. The molecule has 1 amide bonds. The van der Waals surface area contributed by atoms with E-state index >= 15 is 0 Å². The van der Waals surface area contributed by atoms with Crippen LogP contribution in [0.1, 0.15) is 11.1 Å². The molecule has 170 valence electrons. The lowest BCUT2D eigenvalue weighted by molar-refractivity contribution is -0.124. The summed E-state index contributed by atoms with van der Waals surface area (Å²) in [5.41, 5.74) is 8.38. The van der Waals surface area contributed by atoms with E-state index in [-0.39, 0.29) is 12.4 Å². The number of nitrogens with zero attached hydrogens (tertiary/aromatic N) is 3. The number of primary amides is 1. The number of halogens is 2. The summed E-state index contributed by atoms with van der Waals surface area (Å²) in [5, 5.41) is 4.02. The Bertz CT molecular complexity index is 1110. The number of aromatic nitrogens is 2. The van der Waals surface area contributed by atoms with Crippen LogP contribution in [-0.4, -0.2) is 54.7 Å². The number of carbonyl (C=O) groups excluding carboxylic acids is 1. The minimum atomic E-state index is -0.587. The van der Waals surface area contributed by atoms with Gasteiger partial charge in [0.2, 0.25) is 5.91 Å². The largest absolute Gasteiger partial charge is 0.496 e. The first-order valence-electron chi connectivity index (χ1n) is 9.79. The standard InChI is InChI=1S/C22H25FIN5O3/c1-29(19(11-31-2)21(25)30)10-14-7-16-18(8-20(14)32-3)26-12-27-22(16)28-15-4-5-17(23)13(6-15)9-24/h4-8,12,19H,9-11H2,1-3H3,(H2,25,30)(H,26,27,28)/t19-/m0/s1. The zero-order chi connectivity index (χ0) is 23.3. The number of nitrogens with one attached hydrogen (secondary N) is 1. The first kappa shape index (κ1) is 24.1. The number of anilines is 2. The maximum Gasteiger partial charge on any atom is 0.237 e. The average Bonchev–Trinajstić information content (AvgIpc) is 2.78. The van der Waals surface area contributed by atoms with Crippen molar-refractivity contribution in [1.29, 1.82) is 0 Å². The Kier molecular flexibility index (Phi) is 8.15. The first-order valence-corrected chi connectivity index (χ1v) is 11.3. The minimum absolute atomic E-state index is 0.182. The molecule has 0 aliphatic rings. The van der Waals surface area contributed by atoms with Crippen molar-refractivity contribution in [3.63, 3.8) is 0 Å². The number of nitrogens with two attached hydrogens (primary N) is 1. The highest BCUT2D eigenvalue weighted by Gasteiger charge is 2.22. The van der Waals surface area contributed by atoms with Gasteiger partial charge >= 0.3 is 0 Å². The molecule has 0 aliphatic carbocycles. The van der Waals surface area contributed by atoms with Gasteiger partial charge in [0.1, 0.15) is 29.8 Å². The van der Waals surface area contributed by atoms with Gasteiger partial charge in [-0.25, -0.2) is 14.4 Å². The molecule has 0 radical (unpaired) electrons. The Balaban J connectivity index is 1.99. The normalized spacial score (nSPS) is 12.2. The third-order valence-corrected chi connectivity index (χ3v) is 5.92. The van der Waals surface area contributed by atoms with Gasteiger partial charge in [-0.3, -0.25) is 9.69 Å². The number of hydrogen-bond acceptors (Lipinski definition) is 7. The second kappa shape index (κ2) is 10.8. The van der Waals surface area contributed by atoms with E-state index in [0.29, 0.717) is 33.6 Å². The molecular formula is C22H25FIN5O3. The predicted molar refractivity (Wildman–Crippen MR) is 130 cm³/mol. The molecule has 1 atom stereocenters. The summed E-state index contributed by atoms with van der Waals surface area (Å²) in [6.07, 6.45) is 1.46. The van der Waals surface area contributed by atoms with Crippen molar-refractivity contribution in [2.75, 3.05) is 33.2 Å². The van der Waals surface area contributed by atoms with Gasteiger partial charge in [-0.15, -0.1) is 0 Å². The van der Waals surface area contributed by atoms with Crippen LogP contribution in [0.2, 0.25) is 0 Å². The van der Waals surface area contributed by atoms with Gasteiger partial charge in [0.05, 0.1) is 19.2 Å². The number of likely N-dealkylation sites (N-methyl/N-ethyl adjacent to an activating group) is 1. The average molecular weight is 553 g/mol. The molecule has 0 bridgehead atoms. The van der Waals surface area contributed by atoms with Crippen molar-refractivity contribution < 1.29 is 18.7 Å². The maximum absolute atomic E-state index is 13.9. The molecular weight excluding hydrogens is 528 g/mol. The summed E-state index contributed by atoms with van der Waals surface area (Å²) >= 11 is 2.13. The second-order valence-corrected chi connectivity index (χ2v) is 8.02. The summed E-state index contributed by atoms with van der Waals surface area (Å²) < 4.78 is 25.1. The van der Waals surface area contributed by atoms with E-state index in [1.54, 1.807) is 31.2 Å². The van der Waals surface area contributed by atoms with E-state index in [0.717, 1.165) is 16.6 Å². The molecule has 0 unspecified atom stereocenters. The molecule has 0 saturated heterocycles. The second-order valence-electron chi connectivity index (χ2n) is 7.26. The fraction of sp³-hybridized carbons (Fsp3) is 0.318. The zero-order valence-corrected chi connectivity index (χ0v) is 20.2. The minimum Gasteiger partial charge on any atom is -0.496 e. The number of rotatable bonds is 10. The van der Waals surface area contributed by atoms with Gasteiger partial charge in [0.15, 0.2) is 0 Å². The fourth-order valence-corrected chi connectivity index (χ4v) is 3.98. The summed E-state index contributed by atoms with van der Waals surface area (Å²) in [5.74, 6) is 0.495. The van der Waals surface area contributed by atoms with Gasteiger partial charge < -0.3 is 20.5 Å². The quantitative estimate of drug-likeness (QED) is 0.293. The van der Waals surface area contributed by atoms with E-state index < -0.39 is 11.9 Å². The molecule has 0 aliphatic heterocycles. The highest BCUT2D eigenvalue weighted by Crippen LogP contribution is 2.31. The molecule has 0 spiro atoms. The number of amides is 1. The molecule has 8 nitrogen and oxygen atoms in total. The molecule has 1 heterocycles. The lowest BCUT2D eigenvalue weighted by Crippen LogP contribution is -2.45. The Morgan fingerprint density at radius 3 is 2.69 bits per heavy atom. The zero-order valence-electron chi connectivity index (χ0n) is 18.1. The number of methoxy groups -OCH3 is 2. The Hall–Kier alpha value is -2.57. The van der Waals surface area contributed by atoms with Crippen molar-refractivity contribution in [1.82, 2.24) is 14.9 Å². The van der Waals surface area contributed by atoms with Crippen molar-refractivity contribution >= 4 is 50.9 Å². The molecule has 32 heavy (non-hydrogen) atoms. The summed E-state index contributed by atoms with van der Waals surface area (Å²) in [6.45, 7) is 0.571. The molecule has 0 fully saturated rings. The third kappa shape index (κ3) is 5.43. The molecule has 2 aromatic carbocycles. The maximum atomic E-state index is 13.9. The molecule has 0 saturated carbocycles. The lowest BCUT2D eigenvalue weighted by Gasteiger charge is -2.25. The predicted octanol–water partition coefficient (Wildman–Crippen LogP) is 3.39. The number of ether oxygens (including phenoxy) is 2. The highest BCUT2D eigenvalue weighted by molar-refractivity contribution is 14.1. The van der Waals surface area contributed by atoms with Crippen LogP contribution in [0, 0.1) is 5.82 Å². The number of carbonyl (C=O) groups is 1. The van der Waals surface area contributed by atoms with Crippen LogP contribution in [0.3, 0.4) is 0 Å². The number of fused-ring (bicyclic) bond motifs is 1. The van der Waals surface area contributed by atoms with E-state index in [9.17, 15) is 9.18 Å². The van der Waals surface area contributed by atoms with E-state index in [4.69, 9.17) is 15.2 Å². The van der Waals surface area contributed by atoms with E-state index in [1.165, 1.54) is 19.5 Å². The van der Waals surface area contributed by atoms with Crippen molar-refractivity contribution in [3.05, 3.63) is 53.6 Å². The lowest BCUT2D eigenvalue weighted by atomic mass is 10.1. The van der Waals surface area contributed by atoms with Crippen LogP contribution in [-0.2, 0) is 20.5 Å². The molecule has 3 N–H and O–H groups in total. The van der Waals surface area contributed by atoms with Crippen LogP contribution in [0.4, 0.5) is 15.9 Å².